The molecular weight excluding hydrogens is 246 g/mol. The van der Waals surface area contributed by atoms with Crippen LogP contribution in [0.5, 0.6) is 0 Å². The van der Waals surface area contributed by atoms with Crippen LogP contribution < -0.4 is 11.1 Å². The number of benzene rings is 1. The second-order valence-corrected chi connectivity index (χ2v) is 3.95. The normalized spacial score (nSPS) is 12.1. The van der Waals surface area contributed by atoms with E-state index >= 15 is 0 Å². The van der Waals surface area contributed by atoms with Crippen molar-refractivity contribution in [2.24, 2.45) is 4.99 Å². The number of nitrogens with one attached hydrogen (secondary N) is 1. The lowest BCUT2D eigenvalue weighted by Crippen LogP contribution is -2.11. The zero-order valence-corrected chi connectivity index (χ0v) is 13.3. The highest BCUT2D eigenvalue weighted by Crippen LogP contribution is 2.11. The highest BCUT2D eigenvalue weighted by molar-refractivity contribution is 5.59. The molecule has 3 nitrogen and oxygen atoms in total. The van der Waals surface area contributed by atoms with Crippen molar-refractivity contribution in [3.8, 4) is 0 Å². The van der Waals surface area contributed by atoms with Crippen molar-refractivity contribution in [3.05, 3.63) is 47.3 Å². The second-order valence-electron chi connectivity index (χ2n) is 3.95. The average Bonchev–Trinajstić information content (AvgIpc) is 2.47. The van der Waals surface area contributed by atoms with Crippen LogP contribution in [0, 0.1) is 0 Å². The SMILES string of the molecule is CC.C\C=N/C(NCC)=C(C)\C=C\c1cccc(N)c1. The lowest BCUT2D eigenvalue weighted by atomic mass is 10.1. The number of hydrogen-bond donors (Lipinski definition) is 2. The molecule has 1 aromatic rings. The van der Waals surface area contributed by atoms with Crippen molar-refractivity contribution in [2.75, 3.05) is 12.3 Å². The molecule has 0 atom stereocenters. The summed E-state index contributed by atoms with van der Waals surface area (Å²) in [5, 5.41) is 3.24. The Balaban J connectivity index is 0.00000172. The molecule has 0 amide bonds. The maximum absolute atomic E-state index is 5.74. The van der Waals surface area contributed by atoms with Gasteiger partial charge in [0.15, 0.2) is 0 Å². The van der Waals surface area contributed by atoms with E-state index in [4.69, 9.17) is 5.73 Å². The van der Waals surface area contributed by atoms with Crippen LogP contribution in [0.2, 0.25) is 0 Å². The Bertz CT molecular complexity index is 471. The number of hydrogen-bond acceptors (Lipinski definition) is 3. The zero-order valence-electron chi connectivity index (χ0n) is 13.3. The second kappa shape index (κ2) is 10.9. The van der Waals surface area contributed by atoms with Crippen molar-refractivity contribution in [3.63, 3.8) is 0 Å². The van der Waals surface area contributed by atoms with E-state index in [1.165, 1.54) is 0 Å². The van der Waals surface area contributed by atoms with Crippen molar-refractivity contribution in [2.45, 2.75) is 34.6 Å². The summed E-state index contributed by atoms with van der Waals surface area (Å²) in [5.41, 5.74) is 8.70. The third-order valence-electron chi connectivity index (χ3n) is 2.41. The van der Waals surface area contributed by atoms with Gasteiger partial charge in [0.25, 0.3) is 0 Å². The van der Waals surface area contributed by atoms with Gasteiger partial charge in [0.05, 0.1) is 0 Å². The molecule has 0 aliphatic heterocycles. The van der Waals surface area contributed by atoms with E-state index in [1.807, 2.05) is 64.1 Å². The van der Waals surface area contributed by atoms with Crippen LogP contribution in [0.1, 0.15) is 40.2 Å². The maximum Gasteiger partial charge on any atom is 0.128 e. The molecule has 0 spiro atoms. The Morgan fingerprint density at radius 2 is 2.05 bits per heavy atom. The molecule has 1 rings (SSSR count). The summed E-state index contributed by atoms with van der Waals surface area (Å²) >= 11 is 0. The quantitative estimate of drug-likeness (QED) is 0.479. The topological polar surface area (TPSA) is 50.4 Å². The predicted octanol–water partition coefficient (Wildman–Crippen LogP) is 4.24. The van der Waals surface area contributed by atoms with Crippen molar-refractivity contribution in [1.29, 1.82) is 0 Å². The first-order valence-electron chi connectivity index (χ1n) is 7.14. The third kappa shape index (κ3) is 6.78. The van der Waals surface area contributed by atoms with E-state index in [0.29, 0.717) is 0 Å². The molecule has 0 bridgehead atoms. The first kappa shape index (κ1) is 18.0. The summed E-state index contributed by atoms with van der Waals surface area (Å²) in [5.74, 6) is 0.903. The van der Waals surface area contributed by atoms with E-state index in [9.17, 15) is 0 Å². The van der Waals surface area contributed by atoms with Gasteiger partial charge in [-0.1, -0.05) is 38.1 Å². The average molecular weight is 273 g/mol. The fraction of sp³-hybridized carbons (Fsp3) is 0.353. The monoisotopic (exact) mass is 273 g/mol. The Morgan fingerprint density at radius 1 is 1.35 bits per heavy atom. The molecule has 3 N–H and O–H groups in total. The molecule has 0 aromatic heterocycles. The molecule has 0 saturated heterocycles. The van der Waals surface area contributed by atoms with E-state index in [2.05, 4.69) is 17.2 Å². The molecular formula is C17H27N3. The molecule has 0 fully saturated rings. The summed E-state index contributed by atoms with van der Waals surface area (Å²) < 4.78 is 0. The van der Waals surface area contributed by atoms with Gasteiger partial charge in [0, 0.05) is 18.4 Å². The van der Waals surface area contributed by atoms with Gasteiger partial charge in [-0.05, 0) is 44.0 Å². The minimum atomic E-state index is 0.775. The summed E-state index contributed by atoms with van der Waals surface area (Å²) in [6.07, 6.45) is 5.86. The lowest BCUT2D eigenvalue weighted by molar-refractivity contribution is 0.831. The smallest absolute Gasteiger partial charge is 0.128 e. The molecule has 0 aliphatic carbocycles. The van der Waals surface area contributed by atoms with Gasteiger partial charge in [0.1, 0.15) is 5.82 Å². The summed E-state index contributed by atoms with van der Waals surface area (Å²) in [4.78, 5) is 4.31. The van der Waals surface area contributed by atoms with Crippen LogP contribution >= 0.6 is 0 Å². The van der Waals surface area contributed by atoms with Gasteiger partial charge in [0.2, 0.25) is 0 Å². The molecule has 0 radical (unpaired) electrons. The Kier molecular flexibility index (Phi) is 9.75. The largest absolute Gasteiger partial charge is 0.399 e. The highest BCUT2D eigenvalue weighted by atomic mass is 15.0. The fourth-order valence-electron chi connectivity index (χ4n) is 1.55. The number of nitrogen functional groups attached to an aromatic ring is 1. The summed E-state index contributed by atoms with van der Waals surface area (Å²) in [6, 6.07) is 7.80. The standard InChI is InChI=1S/C15H21N3.C2H6/c1-4-17-15(18-5-2)12(3)9-10-13-7-6-8-14(16)11-13;1-2/h4,6-11,18H,5,16H2,1-3H3;1-2H3/b10-9+,15-12+,17-4-;. The predicted molar refractivity (Wildman–Crippen MR) is 91.8 cm³/mol. The lowest BCUT2D eigenvalue weighted by Gasteiger charge is -2.05. The number of anilines is 1. The number of nitrogens with zero attached hydrogens (tertiary/aromatic N) is 1. The fourth-order valence-corrected chi connectivity index (χ4v) is 1.55. The van der Waals surface area contributed by atoms with Crippen LogP contribution in [0.25, 0.3) is 6.08 Å². The Labute approximate surface area is 123 Å². The molecule has 110 valence electrons. The Morgan fingerprint density at radius 3 is 2.60 bits per heavy atom. The zero-order chi connectivity index (χ0) is 15.4. The van der Waals surface area contributed by atoms with E-state index in [0.717, 1.165) is 29.2 Å². The van der Waals surface area contributed by atoms with Crippen LogP contribution in [-0.4, -0.2) is 12.8 Å². The molecule has 0 saturated carbocycles. The van der Waals surface area contributed by atoms with Gasteiger partial charge in [-0.25, -0.2) is 4.99 Å². The molecule has 0 heterocycles. The van der Waals surface area contributed by atoms with E-state index < -0.39 is 0 Å². The van der Waals surface area contributed by atoms with E-state index in [1.54, 1.807) is 6.21 Å². The first-order chi connectivity index (χ1) is 9.67. The number of allylic oxidation sites excluding steroid dienone is 2. The van der Waals surface area contributed by atoms with Crippen LogP contribution in [0.15, 0.2) is 46.7 Å². The molecule has 1 aromatic carbocycles. The Hall–Kier alpha value is -2.03. The van der Waals surface area contributed by atoms with Gasteiger partial charge in [-0.15, -0.1) is 0 Å². The van der Waals surface area contributed by atoms with Gasteiger partial charge in [-0.3, -0.25) is 0 Å². The van der Waals surface area contributed by atoms with E-state index in [-0.39, 0.29) is 0 Å². The molecule has 0 aliphatic rings. The number of rotatable bonds is 5. The highest BCUT2D eigenvalue weighted by Gasteiger charge is 1.95. The van der Waals surface area contributed by atoms with Crippen molar-refractivity contribution in [1.82, 2.24) is 5.32 Å². The maximum atomic E-state index is 5.74. The third-order valence-corrected chi connectivity index (χ3v) is 2.41. The molecule has 20 heavy (non-hydrogen) atoms. The minimum Gasteiger partial charge on any atom is -0.399 e. The number of nitrogens with two attached hydrogens (primary N) is 1. The van der Waals surface area contributed by atoms with Gasteiger partial charge < -0.3 is 11.1 Å². The van der Waals surface area contributed by atoms with Crippen LogP contribution in [0.4, 0.5) is 5.69 Å². The van der Waals surface area contributed by atoms with Crippen molar-refractivity contribution < 1.29 is 0 Å². The van der Waals surface area contributed by atoms with Crippen molar-refractivity contribution >= 4 is 18.0 Å². The number of aliphatic imine (C=N–C) groups is 1. The molecule has 0 unspecified atom stereocenters. The minimum absolute atomic E-state index is 0.775. The first-order valence-corrected chi connectivity index (χ1v) is 7.14. The molecule has 3 heteroatoms. The van der Waals surface area contributed by atoms with Crippen LogP contribution in [0.3, 0.4) is 0 Å². The van der Waals surface area contributed by atoms with Gasteiger partial charge in [-0.2, -0.15) is 0 Å². The summed E-state index contributed by atoms with van der Waals surface area (Å²) in [6.45, 7) is 10.9. The van der Waals surface area contributed by atoms with Crippen LogP contribution in [-0.2, 0) is 0 Å². The summed E-state index contributed by atoms with van der Waals surface area (Å²) in [7, 11) is 0. The van der Waals surface area contributed by atoms with Gasteiger partial charge >= 0.3 is 0 Å².